The van der Waals surface area contributed by atoms with Gasteiger partial charge in [0, 0.05) is 59.1 Å². The molecule has 1 saturated carbocycles. The highest BCUT2D eigenvalue weighted by atomic mass is 32.2. The second-order valence-electron chi connectivity index (χ2n) is 13.2. The van der Waals surface area contributed by atoms with E-state index in [1.807, 2.05) is 30.3 Å². The van der Waals surface area contributed by atoms with Gasteiger partial charge >= 0.3 is 17.9 Å². The number of nitro benzene ring substituents is 2. The van der Waals surface area contributed by atoms with Crippen molar-refractivity contribution in [3.8, 4) is 0 Å². The number of esters is 3. The molecule has 0 saturated heterocycles. The van der Waals surface area contributed by atoms with Crippen molar-refractivity contribution in [2.24, 2.45) is 11.8 Å². The lowest BCUT2D eigenvalue weighted by atomic mass is 9.85. The maximum Gasteiger partial charge on any atom is 0.338 e. The molecule has 0 aromatic heterocycles. The highest BCUT2D eigenvalue weighted by Crippen LogP contribution is 2.47. The predicted molar refractivity (Wildman–Crippen MR) is 210 cm³/mol. The Morgan fingerprint density at radius 3 is 1.95 bits per heavy atom. The summed E-state index contributed by atoms with van der Waals surface area (Å²) < 4.78 is 17.6. The van der Waals surface area contributed by atoms with Crippen molar-refractivity contribution in [2.45, 2.75) is 94.0 Å². The number of carbonyl (C=O) groups is 3. The summed E-state index contributed by atoms with van der Waals surface area (Å²) >= 11 is 1.59. The predicted octanol–water partition coefficient (Wildman–Crippen LogP) is 9.87. The van der Waals surface area contributed by atoms with Crippen molar-refractivity contribution in [3.63, 3.8) is 0 Å². The molecule has 55 heavy (non-hydrogen) atoms. The van der Waals surface area contributed by atoms with E-state index < -0.39 is 39.9 Å². The first-order valence-corrected chi connectivity index (χ1v) is 19.6. The highest BCUT2D eigenvalue weighted by Gasteiger charge is 2.50. The number of nitrogens with zero attached hydrogens (tertiary/aromatic N) is 2. The molecule has 13 heteroatoms. The van der Waals surface area contributed by atoms with Crippen LogP contribution in [0.4, 0.5) is 11.4 Å². The van der Waals surface area contributed by atoms with Crippen LogP contribution in [0.3, 0.4) is 0 Å². The summed E-state index contributed by atoms with van der Waals surface area (Å²) in [6.45, 7) is 4.15. The molecule has 0 bridgehead atoms. The van der Waals surface area contributed by atoms with Crippen molar-refractivity contribution in [1.82, 2.24) is 0 Å². The molecular weight excluding hydrogens is 725 g/mol. The summed E-state index contributed by atoms with van der Waals surface area (Å²) in [5.74, 6) is -2.51. The Morgan fingerprint density at radius 2 is 1.38 bits per heavy atom. The van der Waals surface area contributed by atoms with Gasteiger partial charge in [0.25, 0.3) is 11.4 Å². The number of rotatable bonds is 21. The van der Waals surface area contributed by atoms with Crippen LogP contribution in [0.1, 0.15) is 92.4 Å². The summed E-state index contributed by atoms with van der Waals surface area (Å²) in [7, 11) is 0. The van der Waals surface area contributed by atoms with Gasteiger partial charge < -0.3 is 14.2 Å². The van der Waals surface area contributed by atoms with Gasteiger partial charge in [0.1, 0.15) is 12.2 Å². The largest absolute Gasteiger partial charge is 0.466 e. The summed E-state index contributed by atoms with van der Waals surface area (Å²) in [6, 6.07) is 20.1. The van der Waals surface area contributed by atoms with E-state index in [1.54, 1.807) is 18.7 Å². The number of allylic oxidation sites excluding steroid dienone is 3. The van der Waals surface area contributed by atoms with Crippen molar-refractivity contribution < 1.29 is 38.4 Å². The lowest BCUT2D eigenvalue weighted by molar-refractivity contribution is -0.385. The van der Waals surface area contributed by atoms with E-state index in [4.69, 9.17) is 14.2 Å². The Balaban J connectivity index is 1.72. The van der Waals surface area contributed by atoms with Crippen LogP contribution in [-0.2, 0) is 19.0 Å². The van der Waals surface area contributed by atoms with Gasteiger partial charge in [-0.25, -0.2) is 9.59 Å². The minimum Gasteiger partial charge on any atom is -0.466 e. The van der Waals surface area contributed by atoms with Crippen molar-refractivity contribution in [3.05, 3.63) is 135 Å². The van der Waals surface area contributed by atoms with Crippen LogP contribution in [0.15, 0.2) is 108 Å². The van der Waals surface area contributed by atoms with Crippen molar-refractivity contribution in [2.75, 3.05) is 6.61 Å². The molecule has 0 N–H and O–H groups in total. The van der Waals surface area contributed by atoms with Crippen LogP contribution in [0.25, 0.3) is 0 Å². The minimum absolute atomic E-state index is 0.125. The molecule has 1 aliphatic rings. The van der Waals surface area contributed by atoms with Crippen LogP contribution in [0.2, 0.25) is 0 Å². The van der Waals surface area contributed by atoms with E-state index in [2.05, 4.69) is 31.2 Å². The van der Waals surface area contributed by atoms with E-state index in [-0.39, 0.29) is 59.1 Å². The number of thioether (sulfide) groups is 1. The fraction of sp³-hybridized carbons (Fsp3) is 0.405. The average molecular weight is 773 g/mol. The molecule has 0 spiro atoms. The quantitative estimate of drug-likeness (QED) is 0.0192. The van der Waals surface area contributed by atoms with Crippen molar-refractivity contribution >= 4 is 41.0 Å². The molecule has 3 aromatic rings. The number of non-ortho nitro benzene ring substituents is 2. The van der Waals surface area contributed by atoms with E-state index in [0.29, 0.717) is 19.3 Å². The Bertz CT molecular complexity index is 1780. The molecule has 0 aliphatic heterocycles. The molecule has 0 heterocycles. The van der Waals surface area contributed by atoms with E-state index >= 15 is 0 Å². The van der Waals surface area contributed by atoms with Crippen LogP contribution >= 0.6 is 11.8 Å². The van der Waals surface area contributed by atoms with Gasteiger partial charge in [0.15, 0.2) is 0 Å². The zero-order chi connectivity index (χ0) is 39.6. The van der Waals surface area contributed by atoms with Gasteiger partial charge in [-0.1, -0.05) is 62.3 Å². The molecule has 12 nitrogen and oxygen atoms in total. The molecule has 5 atom stereocenters. The Hall–Kier alpha value is -5.30. The van der Waals surface area contributed by atoms with Crippen LogP contribution in [0, 0.1) is 32.1 Å². The third-order valence-corrected chi connectivity index (χ3v) is 10.7. The molecule has 0 unspecified atom stereocenters. The molecule has 0 radical (unpaired) electrons. The Labute approximate surface area is 325 Å². The highest BCUT2D eigenvalue weighted by molar-refractivity contribution is 8.00. The third-order valence-electron chi connectivity index (χ3n) is 9.37. The SMILES string of the molecule is CCCCC/C=C\C/C=C\[C@@H](Sc1ccccc1)[C@H]1[C@@H](CCCC(=O)OCC)[C@@H](OC(=O)c2ccc([N+](=O)[O-])cc2)C[C@H]1OC(=O)c1ccc([N+](=O)[O-])cc1. The number of hydrogen-bond donors (Lipinski definition) is 0. The number of carbonyl (C=O) groups excluding carboxylic acids is 3. The van der Waals surface area contributed by atoms with Gasteiger partial charge in [-0.2, -0.15) is 0 Å². The summed E-state index contributed by atoms with van der Waals surface area (Å²) in [5.41, 5.74) is -0.0832. The molecular formula is C42H48N2O10S. The zero-order valence-electron chi connectivity index (χ0n) is 31.2. The van der Waals surface area contributed by atoms with E-state index in [9.17, 15) is 34.6 Å². The molecule has 4 rings (SSSR count). The summed E-state index contributed by atoms with van der Waals surface area (Å²) in [4.78, 5) is 62.1. The first kappa shape index (κ1) is 42.4. The summed E-state index contributed by atoms with van der Waals surface area (Å²) in [6.07, 6.45) is 13.2. The van der Waals surface area contributed by atoms with Crippen LogP contribution < -0.4 is 0 Å². The van der Waals surface area contributed by atoms with E-state index in [1.165, 1.54) is 55.0 Å². The first-order valence-electron chi connectivity index (χ1n) is 18.7. The number of nitro groups is 2. The maximum atomic E-state index is 13.7. The average Bonchev–Trinajstić information content (AvgIpc) is 3.51. The number of unbranched alkanes of at least 4 members (excludes halogenated alkanes) is 3. The number of ether oxygens (including phenoxy) is 3. The molecule has 292 valence electrons. The number of benzene rings is 3. The summed E-state index contributed by atoms with van der Waals surface area (Å²) in [5, 5.41) is 22.2. The molecule has 1 aliphatic carbocycles. The van der Waals surface area contributed by atoms with Crippen molar-refractivity contribution in [1.29, 1.82) is 0 Å². The van der Waals surface area contributed by atoms with Gasteiger partial charge in [-0.05, 0) is 75.4 Å². The molecule has 3 aromatic carbocycles. The molecule has 0 amide bonds. The van der Waals surface area contributed by atoms with Gasteiger partial charge in [0.2, 0.25) is 0 Å². The van der Waals surface area contributed by atoms with Gasteiger partial charge in [0.05, 0.1) is 27.6 Å². The fourth-order valence-corrected chi connectivity index (χ4v) is 8.02. The lowest BCUT2D eigenvalue weighted by Crippen LogP contribution is -2.34. The van der Waals surface area contributed by atoms with Crippen LogP contribution in [-0.4, -0.2) is 51.8 Å². The number of hydrogen-bond acceptors (Lipinski definition) is 11. The van der Waals surface area contributed by atoms with Crippen LogP contribution in [0.5, 0.6) is 0 Å². The minimum atomic E-state index is -0.764. The smallest absolute Gasteiger partial charge is 0.338 e. The third kappa shape index (κ3) is 13.2. The molecule has 1 fully saturated rings. The second kappa shape index (κ2) is 22.2. The first-order chi connectivity index (χ1) is 26.6. The maximum absolute atomic E-state index is 13.7. The monoisotopic (exact) mass is 772 g/mol. The topological polar surface area (TPSA) is 165 Å². The fourth-order valence-electron chi connectivity index (χ4n) is 6.66. The second-order valence-corrected chi connectivity index (χ2v) is 14.4. The van der Waals surface area contributed by atoms with Gasteiger partial charge in [-0.15, -0.1) is 11.8 Å². The zero-order valence-corrected chi connectivity index (χ0v) is 32.0. The van der Waals surface area contributed by atoms with Gasteiger partial charge in [-0.3, -0.25) is 25.0 Å². The Kier molecular flexibility index (Phi) is 17.1. The standard InChI is InChI=1S/C42H48N2O10S/c1-3-5-6-7-8-9-10-14-19-38(55-34-16-12-11-13-17-34)40-35(18-15-20-39(45)52-4-2)36(53-41(46)30-21-25-32(26-22-30)43(48)49)29-37(40)54-42(47)31-23-27-33(28-24-31)44(50)51/h8-9,11-14,16-17,19,21-28,35-38,40H,3-7,10,15,18,20,29H2,1-2H3/b9-8-,19-14-/t35-,36-,37+,38+,40-/m0/s1. The Morgan fingerprint density at radius 1 is 0.782 bits per heavy atom. The normalized spacial score (nSPS) is 18.6. The lowest BCUT2D eigenvalue weighted by Gasteiger charge is -2.31. The van der Waals surface area contributed by atoms with E-state index in [0.717, 1.165) is 24.2 Å².